The Kier molecular flexibility index (Phi) is 3.74. The van der Waals surface area contributed by atoms with Crippen molar-refractivity contribution in [2.75, 3.05) is 13.2 Å². The number of benzene rings is 1. The van der Waals surface area contributed by atoms with E-state index in [0.717, 1.165) is 10.9 Å². The molecule has 1 aromatic carbocycles. The van der Waals surface area contributed by atoms with E-state index in [1.54, 1.807) is 6.07 Å². The van der Waals surface area contributed by atoms with Crippen LogP contribution in [0.15, 0.2) is 30.3 Å². The van der Waals surface area contributed by atoms with Crippen molar-refractivity contribution in [3.05, 3.63) is 35.9 Å². The van der Waals surface area contributed by atoms with Gasteiger partial charge in [-0.05, 0) is 25.1 Å². The van der Waals surface area contributed by atoms with Crippen LogP contribution in [0, 0.1) is 0 Å². The first-order chi connectivity index (χ1) is 8.72. The predicted octanol–water partition coefficient (Wildman–Crippen LogP) is 1.06. The number of nitrogens with zero attached hydrogens (tertiary/aromatic N) is 1. The second kappa shape index (κ2) is 5.46. The molecule has 0 spiro atoms. The topological polar surface area (TPSA) is 91.2 Å². The molecule has 5 nitrogen and oxygen atoms in total. The fraction of sp³-hybridized carbons (Fsp3) is 0.231. The lowest BCUT2D eigenvalue weighted by Crippen LogP contribution is -2.15. The highest BCUT2D eigenvalue weighted by Crippen LogP contribution is 2.21. The summed E-state index contributed by atoms with van der Waals surface area (Å²) in [5.74, 6) is -0.273. The number of pyridine rings is 1. The molecule has 94 valence electrons. The molecule has 5 heteroatoms. The minimum absolute atomic E-state index is 0.273. The highest BCUT2D eigenvalue weighted by atomic mass is 16.5. The number of carbonyl (C=O) groups is 1. The zero-order valence-electron chi connectivity index (χ0n) is 9.93. The summed E-state index contributed by atoms with van der Waals surface area (Å²) in [6.07, 6.45) is 0.701. The molecule has 1 amide bonds. The number of nitrogens with two attached hydrogens (primary N) is 2. The van der Waals surface area contributed by atoms with Crippen LogP contribution in [0.2, 0.25) is 0 Å². The van der Waals surface area contributed by atoms with E-state index in [1.807, 2.05) is 24.3 Å². The van der Waals surface area contributed by atoms with Gasteiger partial charge in [0, 0.05) is 5.39 Å². The third-order valence-corrected chi connectivity index (χ3v) is 2.54. The third kappa shape index (κ3) is 2.57. The monoisotopic (exact) mass is 245 g/mol. The van der Waals surface area contributed by atoms with Crippen molar-refractivity contribution in [1.29, 1.82) is 0 Å². The molecule has 1 aromatic heterocycles. The van der Waals surface area contributed by atoms with E-state index in [1.165, 1.54) is 0 Å². The van der Waals surface area contributed by atoms with Crippen LogP contribution in [-0.2, 0) is 0 Å². The maximum atomic E-state index is 11.4. The lowest BCUT2D eigenvalue weighted by Gasteiger charge is -2.09. The van der Waals surface area contributed by atoms with Crippen molar-refractivity contribution in [1.82, 2.24) is 4.98 Å². The van der Waals surface area contributed by atoms with Crippen molar-refractivity contribution >= 4 is 16.8 Å². The summed E-state index contributed by atoms with van der Waals surface area (Å²) in [6, 6.07) is 9.18. The van der Waals surface area contributed by atoms with E-state index in [2.05, 4.69) is 4.98 Å². The Morgan fingerprint density at radius 2 is 2.11 bits per heavy atom. The van der Waals surface area contributed by atoms with Crippen molar-refractivity contribution < 1.29 is 9.53 Å². The van der Waals surface area contributed by atoms with E-state index in [0.29, 0.717) is 25.1 Å². The summed E-state index contributed by atoms with van der Waals surface area (Å²) in [6.45, 7) is 0.946. The van der Waals surface area contributed by atoms with Gasteiger partial charge in [0.25, 0.3) is 5.91 Å². The first kappa shape index (κ1) is 12.3. The van der Waals surface area contributed by atoms with E-state index < -0.39 is 5.91 Å². The minimum atomic E-state index is -0.545. The lowest BCUT2D eigenvalue weighted by atomic mass is 10.1. The zero-order valence-corrected chi connectivity index (χ0v) is 9.93. The van der Waals surface area contributed by atoms with Gasteiger partial charge in [0.2, 0.25) is 5.88 Å². The van der Waals surface area contributed by atoms with Gasteiger partial charge in [-0.15, -0.1) is 0 Å². The van der Waals surface area contributed by atoms with E-state index in [4.69, 9.17) is 16.2 Å². The molecule has 0 aliphatic rings. The number of primary amides is 1. The van der Waals surface area contributed by atoms with Crippen LogP contribution in [0.1, 0.15) is 16.8 Å². The SMILES string of the molecule is NCCCOc1nc2ccccc2cc1C(N)=O. The normalized spacial score (nSPS) is 10.5. The van der Waals surface area contributed by atoms with Crippen molar-refractivity contribution in [2.45, 2.75) is 6.42 Å². The summed E-state index contributed by atoms with van der Waals surface area (Å²) in [4.78, 5) is 15.7. The number of rotatable bonds is 5. The number of aromatic nitrogens is 1. The summed E-state index contributed by atoms with van der Waals surface area (Å²) >= 11 is 0. The van der Waals surface area contributed by atoms with Gasteiger partial charge in [0.1, 0.15) is 5.56 Å². The van der Waals surface area contributed by atoms with E-state index in [9.17, 15) is 4.79 Å². The van der Waals surface area contributed by atoms with Crippen LogP contribution in [0.3, 0.4) is 0 Å². The average Bonchev–Trinajstić information content (AvgIpc) is 2.38. The number of amides is 1. The molecule has 0 unspecified atom stereocenters. The van der Waals surface area contributed by atoms with Gasteiger partial charge in [-0.3, -0.25) is 4.79 Å². The Bertz CT molecular complexity index is 569. The molecule has 1 heterocycles. The highest BCUT2D eigenvalue weighted by molar-refractivity contribution is 5.98. The van der Waals surface area contributed by atoms with Crippen LogP contribution in [0.5, 0.6) is 5.88 Å². The molecule has 0 bridgehead atoms. The summed E-state index contributed by atoms with van der Waals surface area (Å²) < 4.78 is 5.46. The van der Waals surface area contributed by atoms with Gasteiger partial charge in [0.05, 0.1) is 12.1 Å². The average molecular weight is 245 g/mol. The maximum absolute atomic E-state index is 11.4. The predicted molar refractivity (Wildman–Crippen MR) is 69.4 cm³/mol. The fourth-order valence-corrected chi connectivity index (χ4v) is 1.64. The van der Waals surface area contributed by atoms with Gasteiger partial charge in [0.15, 0.2) is 0 Å². The van der Waals surface area contributed by atoms with E-state index >= 15 is 0 Å². The minimum Gasteiger partial charge on any atom is -0.477 e. The summed E-state index contributed by atoms with van der Waals surface area (Å²) in [5.41, 5.74) is 11.8. The Labute approximate surface area is 105 Å². The molecule has 0 fully saturated rings. The highest BCUT2D eigenvalue weighted by Gasteiger charge is 2.12. The molecular formula is C13H15N3O2. The third-order valence-electron chi connectivity index (χ3n) is 2.54. The van der Waals surface area contributed by atoms with Crippen LogP contribution in [0.4, 0.5) is 0 Å². The van der Waals surface area contributed by atoms with Crippen molar-refractivity contribution in [3.8, 4) is 5.88 Å². The van der Waals surface area contributed by atoms with Crippen molar-refractivity contribution in [2.24, 2.45) is 11.5 Å². The van der Waals surface area contributed by atoms with Crippen LogP contribution in [-0.4, -0.2) is 24.0 Å². The second-order valence-electron chi connectivity index (χ2n) is 3.89. The molecule has 2 rings (SSSR count). The number of hydrogen-bond acceptors (Lipinski definition) is 4. The van der Waals surface area contributed by atoms with Gasteiger partial charge < -0.3 is 16.2 Å². The second-order valence-corrected chi connectivity index (χ2v) is 3.89. The molecule has 0 radical (unpaired) electrons. The van der Waals surface area contributed by atoms with Gasteiger partial charge in [-0.2, -0.15) is 0 Å². The molecule has 18 heavy (non-hydrogen) atoms. The molecule has 0 aliphatic carbocycles. The number of ether oxygens (including phenoxy) is 1. The van der Waals surface area contributed by atoms with Crippen LogP contribution < -0.4 is 16.2 Å². The zero-order chi connectivity index (χ0) is 13.0. The number of fused-ring (bicyclic) bond motifs is 1. The lowest BCUT2D eigenvalue weighted by molar-refractivity contribution is 0.0995. The first-order valence-corrected chi connectivity index (χ1v) is 5.75. The molecule has 0 saturated heterocycles. The Morgan fingerprint density at radius 3 is 2.83 bits per heavy atom. The molecule has 4 N–H and O–H groups in total. The molecule has 2 aromatic rings. The van der Waals surface area contributed by atoms with Gasteiger partial charge in [-0.25, -0.2) is 4.98 Å². The number of hydrogen-bond donors (Lipinski definition) is 2. The fourth-order valence-electron chi connectivity index (χ4n) is 1.64. The summed E-state index contributed by atoms with van der Waals surface area (Å²) in [7, 11) is 0. The molecule has 0 aliphatic heterocycles. The first-order valence-electron chi connectivity index (χ1n) is 5.75. The smallest absolute Gasteiger partial charge is 0.254 e. The van der Waals surface area contributed by atoms with Gasteiger partial charge in [-0.1, -0.05) is 18.2 Å². The number of carbonyl (C=O) groups excluding carboxylic acids is 1. The van der Waals surface area contributed by atoms with Crippen molar-refractivity contribution in [3.63, 3.8) is 0 Å². The molecular weight excluding hydrogens is 230 g/mol. The Hall–Kier alpha value is -2.14. The van der Waals surface area contributed by atoms with Crippen LogP contribution in [0.25, 0.3) is 10.9 Å². The summed E-state index contributed by atoms with van der Waals surface area (Å²) in [5, 5.41) is 0.859. The Morgan fingerprint density at radius 1 is 1.33 bits per heavy atom. The Balaban J connectivity index is 2.41. The standard InChI is InChI=1S/C13H15N3O2/c14-6-3-7-18-13-10(12(15)17)8-9-4-1-2-5-11(9)16-13/h1-2,4-5,8H,3,6-7,14H2,(H2,15,17). The maximum Gasteiger partial charge on any atom is 0.254 e. The molecule has 0 saturated carbocycles. The number of para-hydroxylation sites is 1. The molecule has 0 atom stereocenters. The largest absolute Gasteiger partial charge is 0.477 e. The van der Waals surface area contributed by atoms with Crippen LogP contribution >= 0.6 is 0 Å². The van der Waals surface area contributed by atoms with E-state index in [-0.39, 0.29) is 5.88 Å². The van der Waals surface area contributed by atoms with Gasteiger partial charge >= 0.3 is 0 Å². The quantitative estimate of drug-likeness (QED) is 0.770.